The topological polar surface area (TPSA) is 71.8 Å². The van der Waals surface area contributed by atoms with Gasteiger partial charge in [-0.1, -0.05) is 48.5 Å². The van der Waals surface area contributed by atoms with Gasteiger partial charge in [-0.3, -0.25) is 14.5 Å². The van der Waals surface area contributed by atoms with Gasteiger partial charge in [0.15, 0.2) is 5.78 Å². The van der Waals surface area contributed by atoms with Crippen LogP contribution in [0.4, 0.5) is 5.69 Å². The third kappa shape index (κ3) is 4.70. The fourth-order valence-corrected chi connectivity index (χ4v) is 4.64. The molecule has 6 heteroatoms. The molecule has 1 aliphatic heterocycles. The zero-order valence-electron chi connectivity index (χ0n) is 19.9. The van der Waals surface area contributed by atoms with Crippen molar-refractivity contribution in [2.45, 2.75) is 20.0 Å². The van der Waals surface area contributed by atoms with E-state index in [4.69, 9.17) is 9.15 Å². The van der Waals surface area contributed by atoms with Crippen molar-refractivity contribution in [2.24, 2.45) is 5.92 Å². The van der Waals surface area contributed by atoms with E-state index in [2.05, 4.69) is 29.4 Å². The number of nitrogens with one attached hydrogen (secondary N) is 1. The highest BCUT2D eigenvalue weighted by molar-refractivity contribution is 6.14. The Balaban J connectivity index is 1.54. The number of Topliss-reactive ketones (excluding diaryl/α,β-unsaturated/α-hetero) is 1. The van der Waals surface area contributed by atoms with Crippen LogP contribution in [0.5, 0.6) is 0 Å². The summed E-state index contributed by atoms with van der Waals surface area (Å²) in [6.07, 6.45) is 0. The molecule has 0 aliphatic carbocycles. The SMILES string of the molecule is CCOC(=O)C1CNc2cc(-c3cc4ccccc4o3)c(CN(C)Cc3ccccc3)cc2C1=O. The molecule has 1 aromatic heterocycles. The summed E-state index contributed by atoms with van der Waals surface area (Å²) in [4.78, 5) is 27.8. The molecule has 2 heterocycles. The summed E-state index contributed by atoms with van der Waals surface area (Å²) in [5.41, 5.74) is 5.13. The molecule has 178 valence electrons. The average molecular weight is 469 g/mol. The number of esters is 1. The second-order valence-electron chi connectivity index (χ2n) is 8.91. The van der Waals surface area contributed by atoms with Gasteiger partial charge in [0.2, 0.25) is 0 Å². The van der Waals surface area contributed by atoms with Gasteiger partial charge in [-0.2, -0.15) is 0 Å². The Morgan fingerprint density at radius 1 is 1.03 bits per heavy atom. The van der Waals surface area contributed by atoms with Crippen LogP contribution in [0, 0.1) is 5.92 Å². The number of furan rings is 1. The molecule has 0 bridgehead atoms. The van der Waals surface area contributed by atoms with Crippen LogP contribution in [0.2, 0.25) is 0 Å². The molecule has 0 spiro atoms. The molecule has 1 N–H and O–H groups in total. The number of carbonyl (C=O) groups excluding carboxylic acids is 2. The zero-order chi connectivity index (χ0) is 24.4. The molecule has 4 aromatic rings. The largest absolute Gasteiger partial charge is 0.465 e. The van der Waals surface area contributed by atoms with Crippen molar-refractivity contribution in [3.05, 3.63) is 89.5 Å². The summed E-state index contributed by atoms with van der Waals surface area (Å²) in [6, 6.07) is 24.1. The Kier molecular flexibility index (Phi) is 6.38. The standard InChI is InChI=1S/C29H28N2O4/c1-3-34-29(33)24-16-30-25-15-22(27-14-20-11-7-8-12-26(20)35-27)21(13-23(25)28(24)32)18-31(2)17-19-9-5-4-6-10-19/h4-15,24,30H,3,16-18H2,1-2H3. The molecule has 0 fully saturated rings. The van der Waals surface area contributed by atoms with Gasteiger partial charge < -0.3 is 14.5 Å². The van der Waals surface area contributed by atoms with Gasteiger partial charge in [-0.15, -0.1) is 0 Å². The highest BCUT2D eigenvalue weighted by Crippen LogP contribution is 2.37. The molecule has 1 atom stereocenters. The quantitative estimate of drug-likeness (QED) is 0.284. The summed E-state index contributed by atoms with van der Waals surface area (Å²) in [7, 11) is 2.05. The van der Waals surface area contributed by atoms with E-state index >= 15 is 0 Å². The van der Waals surface area contributed by atoms with Crippen LogP contribution in [0.1, 0.15) is 28.4 Å². The van der Waals surface area contributed by atoms with Gasteiger partial charge in [-0.05, 0) is 49.4 Å². The first-order valence-corrected chi connectivity index (χ1v) is 11.9. The summed E-state index contributed by atoms with van der Waals surface area (Å²) < 4.78 is 11.3. The molecule has 6 nitrogen and oxygen atoms in total. The molecule has 0 saturated heterocycles. The van der Waals surface area contributed by atoms with Crippen LogP contribution in [-0.4, -0.2) is 36.9 Å². The molecule has 5 rings (SSSR count). The van der Waals surface area contributed by atoms with E-state index in [0.29, 0.717) is 17.8 Å². The van der Waals surface area contributed by atoms with Crippen molar-refractivity contribution in [1.82, 2.24) is 4.90 Å². The lowest BCUT2D eigenvalue weighted by Gasteiger charge is -2.26. The second kappa shape index (κ2) is 9.76. The fraction of sp³-hybridized carbons (Fsp3) is 0.241. The molecular formula is C29H28N2O4. The highest BCUT2D eigenvalue weighted by Gasteiger charge is 2.35. The van der Waals surface area contributed by atoms with Gasteiger partial charge in [-0.25, -0.2) is 0 Å². The maximum atomic E-state index is 13.3. The monoisotopic (exact) mass is 468 g/mol. The van der Waals surface area contributed by atoms with Crippen LogP contribution in [0.25, 0.3) is 22.3 Å². The molecule has 0 saturated carbocycles. The van der Waals surface area contributed by atoms with Gasteiger partial charge >= 0.3 is 5.97 Å². The van der Waals surface area contributed by atoms with Crippen LogP contribution in [-0.2, 0) is 22.6 Å². The van der Waals surface area contributed by atoms with Crippen LogP contribution < -0.4 is 5.32 Å². The summed E-state index contributed by atoms with van der Waals surface area (Å²) in [6.45, 7) is 3.57. The summed E-state index contributed by atoms with van der Waals surface area (Å²) >= 11 is 0. The first kappa shape index (κ1) is 22.9. The average Bonchev–Trinajstić information content (AvgIpc) is 3.29. The van der Waals surface area contributed by atoms with Gasteiger partial charge in [0.1, 0.15) is 17.3 Å². The Labute approximate surface area is 204 Å². The Morgan fingerprint density at radius 2 is 1.80 bits per heavy atom. The van der Waals surface area contributed by atoms with E-state index in [1.54, 1.807) is 6.92 Å². The van der Waals surface area contributed by atoms with Crippen molar-refractivity contribution < 1.29 is 18.7 Å². The normalized spacial score (nSPS) is 15.2. The number of fused-ring (bicyclic) bond motifs is 2. The van der Waals surface area contributed by atoms with Crippen molar-refractivity contribution in [3.63, 3.8) is 0 Å². The minimum Gasteiger partial charge on any atom is -0.465 e. The molecule has 1 aliphatic rings. The van der Waals surface area contributed by atoms with E-state index in [9.17, 15) is 9.59 Å². The van der Waals surface area contributed by atoms with E-state index in [0.717, 1.165) is 34.4 Å². The molecule has 0 radical (unpaired) electrons. The molecular weight excluding hydrogens is 440 g/mol. The van der Waals surface area contributed by atoms with E-state index in [1.807, 2.05) is 60.7 Å². The first-order valence-electron chi connectivity index (χ1n) is 11.9. The van der Waals surface area contributed by atoms with Gasteiger partial charge in [0.25, 0.3) is 0 Å². The van der Waals surface area contributed by atoms with Crippen molar-refractivity contribution >= 4 is 28.4 Å². The minimum atomic E-state index is -0.839. The van der Waals surface area contributed by atoms with Crippen molar-refractivity contribution in [1.29, 1.82) is 0 Å². The summed E-state index contributed by atoms with van der Waals surface area (Å²) in [5.74, 6) is -0.784. The van der Waals surface area contributed by atoms with Crippen LogP contribution >= 0.6 is 0 Å². The lowest BCUT2D eigenvalue weighted by molar-refractivity contribution is -0.145. The highest BCUT2D eigenvalue weighted by atomic mass is 16.5. The molecule has 0 amide bonds. The van der Waals surface area contributed by atoms with Crippen molar-refractivity contribution in [2.75, 3.05) is 25.5 Å². The number of ketones is 1. The number of nitrogens with zero attached hydrogens (tertiary/aromatic N) is 1. The molecule has 1 unspecified atom stereocenters. The number of carbonyl (C=O) groups is 2. The number of hydrogen-bond donors (Lipinski definition) is 1. The lowest BCUT2D eigenvalue weighted by atomic mass is 9.89. The van der Waals surface area contributed by atoms with E-state index in [1.165, 1.54) is 5.56 Å². The number of para-hydroxylation sites is 1. The molecule has 35 heavy (non-hydrogen) atoms. The number of ether oxygens (including phenoxy) is 1. The maximum Gasteiger partial charge on any atom is 0.318 e. The smallest absolute Gasteiger partial charge is 0.318 e. The van der Waals surface area contributed by atoms with E-state index < -0.39 is 11.9 Å². The van der Waals surface area contributed by atoms with Crippen LogP contribution in [0.3, 0.4) is 0 Å². The Hall–Kier alpha value is -3.90. The second-order valence-corrected chi connectivity index (χ2v) is 8.91. The number of rotatable bonds is 7. The molecule has 3 aromatic carbocycles. The van der Waals surface area contributed by atoms with Gasteiger partial charge in [0, 0.05) is 41.8 Å². The minimum absolute atomic E-state index is 0.208. The third-order valence-electron chi connectivity index (χ3n) is 6.32. The lowest BCUT2D eigenvalue weighted by Crippen LogP contribution is -2.36. The fourth-order valence-electron chi connectivity index (χ4n) is 4.64. The van der Waals surface area contributed by atoms with Gasteiger partial charge in [0.05, 0.1) is 6.61 Å². The Morgan fingerprint density at radius 3 is 2.57 bits per heavy atom. The summed E-state index contributed by atoms with van der Waals surface area (Å²) in [5, 5.41) is 4.29. The predicted octanol–water partition coefficient (Wildman–Crippen LogP) is 5.52. The van der Waals surface area contributed by atoms with Crippen molar-refractivity contribution in [3.8, 4) is 11.3 Å². The number of anilines is 1. The zero-order valence-corrected chi connectivity index (χ0v) is 19.9. The Bertz CT molecular complexity index is 1340. The third-order valence-corrected chi connectivity index (χ3v) is 6.32. The van der Waals surface area contributed by atoms with Crippen LogP contribution in [0.15, 0.2) is 77.2 Å². The number of benzene rings is 3. The van der Waals surface area contributed by atoms with E-state index in [-0.39, 0.29) is 18.9 Å². The number of hydrogen-bond acceptors (Lipinski definition) is 6. The maximum absolute atomic E-state index is 13.3. The first-order chi connectivity index (χ1) is 17.0. The predicted molar refractivity (Wildman–Crippen MR) is 136 cm³/mol.